The van der Waals surface area contributed by atoms with E-state index in [-0.39, 0.29) is 0 Å². The molecule has 0 unspecified atom stereocenters. The van der Waals surface area contributed by atoms with E-state index in [9.17, 15) is 0 Å². The molecule has 0 atom stereocenters. The maximum absolute atomic E-state index is 7.87. The molecule has 5 heteroatoms. The van der Waals surface area contributed by atoms with Crippen molar-refractivity contribution in [2.45, 2.75) is 0 Å². The quantitative estimate of drug-likeness (QED) is 0.194. The molecule has 7 heavy (non-hydrogen) atoms. The SMILES string of the molecule is CP(C)(=[Se])N=[N+]=[N-]. The van der Waals surface area contributed by atoms with E-state index in [1.54, 1.807) is 0 Å². The van der Waals surface area contributed by atoms with Gasteiger partial charge in [0, 0.05) is 0 Å². The monoisotopic (exact) mass is 183 g/mol. The fourth-order valence-electron chi connectivity index (χ4n) is 0.0963. The van der Waals surface area contributed by atoms with Gasteiger partial charge in [0.1, 0.15) is 0 Å². The van der Waals surface area contributed by atoms with E-state index < -0.39 is 5.66 Å². The van der Waals surface area contributed by atoms with Gasteiger partial charge in [0.15, 0.2) is 0 Å². The third-order valence-corrected chi connectivity index (χ3v) is 1.23. The van der Waals surface area contributed by atoms with E-state index >= 15 is 0 Å². The zero-order valence-corrected chi connectivity index (χ0v) is 6.80. The normalized spacial score (nSPS) is 10.0. The van der Waals surface area contributed by atoms with Crippen LogP contribution in [0.1, 0.15) is 0 Å². The first-order valence-electron chi connectivity index (χ1n) is 1.68. The van der Waals surface area contributed by atoms with Crippen molar-refractivity contribution in [1.82, 2.24) is 0 Å². The van der Waals surface area contributed by atoms with Crippen molar-refractivity contribution in [3.05, 3.63) is 10.4 Å². The van der Waals surface area contributed by atoms with E-state index in [0.717, 1.165) is 0 Å². The Morgan fingerprint density at radius 2 is 2.14 bits per heavy atom. The van der Waals surface area contributed by atoms with E-state index in [1.807, 2.05) is 13.3 Å². The topological polar surface area (TPSA) is 48.8 Å². The van der Waals surface area contributed by atoms with E-state index in [1.165, 1.54) is 0 Å². The average molecular weight is 182 g/mol. The van der Waals surface area contributed by atoms with Gasteiger partial charge in [-0.25, -0.2) is 0 Å². The van der Waals surface area contributed by atoms with Gasteiger partial charge >= 0.3 is 49.4 Å². The van der Waals surface area contributed by atoms with Crippen LogP contribution in [0.4, 0.5) is 0 Å². The number of rotatable bonds is 1. The molecule has 0 saturated heterocycles. The first-order chi connectivity index (χ1) is 3.06. The molecule has 0 aromatic heterocycles. The van der Waals surface area contributed by atoms with Gasteiger partial charge in [-0.1, -0.05) is 0 Å². The van der Waals surface area contributed by atoms with Crippen LogP contribution in [0.5, 0.6) is 0 Å². The second kappa shape index (κ2) is 2.54. The van der Waals surface area contributed by atoms with Crippen LogP contribution in [0.3, 0.4) is 0 Å². The summed E-state index contributed by atoms with van der Waals surface area (Å²) in [4.78, 5) is 6.14. The van der Waals surface area contributed by atoms with Crippen LogP contribution in [-0.4, -0.2) is 28.4 Å². The van der Waals surface area contributed by atoms with Gasteiger partial charge in [-0.2, -0.15) is 0 Å². The van der Waals surface area contributed by atoms with E-state index in [0.29, 0.717) is 0 Å². The van der Waals surface area contributed by atoms with Crippen molar-refractivity contribution < 1.29 is 0 Å². The zero-order chi connectivity index (χ0) is 5.91. The van der Waals surface area contributed by atoms with Crippen molar-refractivity contribution in [1.29, 1.82) is 0 Å². The van der Waals surface area contributed by atoms with Gasteiger partial charge in [0.05, 0.1) is 0 Å². The minimum absolute atomic E-state index is 1.33. The van der Waals surface area contributed by atoms with Crippen LogP contribution in [0.25, 0.3) is 10.4 Å². The summed E-state index contributed by atoms with van der Waals surface area (Å²) in [5.41, 5.74) is 6.54. The van der Waals surface area contributed by atoms with E-state index in [2.05, 4.69) is 24.9 Å². The molecule has 0 aliphatic heterocycles. The van der Waals surface area contributed by atoms with Crippen LogP contribution in [0, 0.1) is 0 Å². The molecule has 0 rings (SSSR count). The predicted octanol–water partition coefficient (Wildman–Crippen LogP) is 1.57. The van der Waals surface area contributed by atoms with Crippen molar-refractivity contribution in [2.24, 2.45) is 4.88 Å². The number of hydrogen-bond acceptors (Lipinski definition) is 1. The Kier molecular flexibility index (Phi) is 2.63. The van der Waals surface area contributed by atoms with Crippen LogP contribution < -0.4 is 0 Å². The molecule has 0 radical (unpaired) electrons. The molecule has 0 fully saturated rings. The molecule has 0 N–H and O–H groups in total. The molecule has 3 nitrogen and oxygen atoms in total. The molecule has 0 saturated carbocycles. The molecule has 40 valence electrons. The summed E-state index contributed by atoms with van der Waals surface area (Å²) in [6.07, 6.45) is 0. The van der Waals surface area contributed by atoms with Gasteiger partial charge in [0.2, 0.25) is 0 Å². The van der Waals surface area contributed by atoms with Crippen molar-refractivity contribution in [2.75, 3.05) is 13.3 Å². The van der Waals surface area contributed by atoms with Gasteiger partial charge in [-0.3, -0.25) is 0 Å². The van der Waals surface area contributed by atoms with Crippen molar-refractivity contribution in [3.8, 4) is 0 Å². The summed E-state index contributed by atoms with van der Waals surface area (Å²) in [5.74, 6) is 0. The van der Waals surface area contributed by atoms with Gasteiger partial charge in [0.25, 0.3) is 0 Å². The van der Waals surface area contributed by atoms with Crippen LogP contribution in [-0.2, 0) is 0 Å². The standard InChI is InChI=1S/C2H6N3PSe/c1-6(2,7)5-4-3/h1-2H3. The molecular formula is C2H6N3PSe. The zero-order valence-electron chi connectivity index (χ0n) is 4.20. The van der Waals surface area contributed by atoms with Gasteiger partial charge in [-0.05, 0) is 0 Å². The summed E-state index contributed by atoms with van der Waals surface area (Å²) in [7, 11) is 0. The van der Waals surface area contributed by atoms with Gasteiger partial charge < -0.3 is 0 Å². The third kappa shape index (κ3) is 6.26. The Morgan fingerprint density at radius 3 is 2.14 bits per heavy atom. The fourth-order valence-corrected chi connectivity index (χ4v) is 0.495. The molecule has 0 bridgehead atoms. The number of azide groups is 1. The van der Waals surface area contributed by atoms with Crippen molar-refractivity contribution in [3.63, 3.8) is 0 Å². The average Bonchev–Trinajstić information content (AvgIpc) is 1.30. The second-order valence-electron chi connectivity index (χ2n) is 1.47. The van der Waals surface area contributed by atoms with E-state index in [4.69, 9.17) is 5.53 Å². The number of nitrogens with zero attached hydrogens (tertiary/aromatic N) is 3. The Hall–Kier alpha value is 0.259. The molecule has 0 amide bonds. The first-order valence-corrected chi connectivity index (χ1v) is 6.53. The summed E-state index contributed by atoms with van der Waals surface area (Å²) in [6.45, 7) is 3.82. The summed E-state index contributed by atoms with van der Waals surface area (Å²) < 4.78 is 0. The molecule has 0 aliphatic rings. The van der Waals surface area contributed by atoms with Gasteiger partial charge in [-0.15, -0.1) is 0 Å². The number of hydrogen-bond donors (Lipinski definition) is 0. The Bertz CT molecular complexity index is 141. The molecule has 0 aliphatic carbocycles. The Morgan fingerprint density at radius 1 is 1.71 bits per heavy atom. The van der Waals surface area contributed by atoms with Crippen molar-refractivity contribution >= 4 is 20.8 Å². The molecule has 0 heterocycles. The predicted molar refractivity (Wildman–Crippen MR) is 33.7 cm³/mol. The molecular weight excluding hydrogens is 176 g/mol. The molecule has 0 aromatic rings. The second-order valence-corrected chi connectivity index (χ2v) is 9.86. The summed E-state index contributed by atoms with van der Waals surface area (Å²) in [5, 5.41) is 0. The molecule has 0 aromatic carbocycles. The Balaban J connectivity index is 4.10. The first kappa shape index (κ1) is 7.26. The summed E-state index contributed by atoms with van der Waals surface area (Å²) in [6, 6.07) is 0. The minimum atomic E-state index is -1.33. The van der Waals surface area contributed by atoms with Crippen LogP contribution in [0.2, 0.25) is 0 Å². The molecule has 0 spiro atoms. The maximum atomic E-state index is 7.87. The van der Waals surface area contributed by atoms with Crippen LogP contribution in [0.15, 0.2) is 4.88 Å². The fraction of sp³-hybridized carbons (Fsp3) is 1.00. The third-order valence-electron chi connectivity index (χ3n) is 0.255. The van der Waals surface area contributed by atoms with Crippen LogP contribution >= 0.6 is 5.66 Å². The Labute approximate surface area is 50.0 Å². The summed E-state index contributed by atoms with van der Waals surface area (Å²) >= 11 is 2.81.